The zero-order valence-corrected chi connectivity index (χ0v) is 80.8. The minimum atomic E-state index is -4.92. The SMILES string of the molecule is CC1C(O)OC(CO)[C@@H](O[C@@H]2OC(CO)[C@H](O)[C@H](O)C2O)[C@@H]1O.CC1[C@H](OCCCCCN)OC(CO)[C@@H](O[C@@H]2OC(CO)[C@H](O)[C@H](O)C2O)[C@@H]1O.CC1[C@H](OCCCCCNC(=O)C(F)(F)F)OC(CO)[C@@H](O[C@@H]2OC(CO)[C@H](O)[C@H](O)C2O)[C@@H]1O.CNC(CCC(C)=O)C(=O)[O-].NCCCCCO.O=BP.O=C(NCCCCCO)C(F)(F)F.On1nnc2ccccc21.[Na+].[Na+].[OH-]. The van der Waals surface area contributed by atoms with Crippen molar-refractivity contribution in [2.75, 3.05) is 99.3 Å². The number of fused-ring (bicyclic) bond motifs is 1. The van der Waals surface area contributed by atoms with Gasteiger partial charge in [-0.15, -0.1) is 5.10 Å². The van der Waals surface area contributed by atoms with E-state index < -0.39 is 259 Å². The number of amides is 2. The molecule has 6 fully saturated rings. The van der Waals surface area contributed by atoms with Gasteiger partial charge in [0, 0.05) is 69.7 Å². The Morgan fingerprint density at radius 2 is 0.813 bits per heavy atom. The first-order chi connectivity index (χ1) is 61.8. The minimum Gasteiger partial charge on any atom is -0.870 e. The molecule has 6 aliphatic heterocycles. The third-order valence-corrected chi connectivity index (χ3v) is 20.7. The summed E-state index contributed by atoms with van der Waals surface area (Å²) in [4.78, 5) is 42.4. The Morgan fingerprint density at radius 1 is 0.493 bits per heavy atom. The zero-order chi connectivity index (χ0) is 99.6. The molecule has 2 amide bonds. The quantitative estimate of drug-likeness (QED) is 0.00971. The maximum Gasteiger partial charge on any atom is 1.00 e. The van der Waals surface area contributed by atoms with Gasteiger partial charge in [-0.2, -0.15) is 26.3 Å². The van der Waals surface area contributed by atoms with Crippen LogP contribution in [0.15, 0.2) is 24.3 Å². The van der Waals surface area contributed by atoms with Gasteiger partial charge in [0.2, 0.25) is 0 Å². The van der Waals surface area contributed by atoms with E-state index in [0.717, 1.165) is 49.9 Å². The average Bonchev–Trinajstić information content (AvgIpc) is 1.03. The summed E-state index contributed by atoms with van der Waals surface area (Å²) in [7, 11) is 3.43. The van der Waals surface area contributed by atoms with Crippen molar-refractivity contribution in [3.05, 3.63) is 24.3 Å². The number of ether oxygens (including phenoxy) is 11. The van der Waals surface area contributed by atoms with E-state index in [-0.39, 0.29) is 103 Å². The molecule has 30 N–H and O–H groups in total. The number of unbranched alkanes of at least 4 members (excludes halogenated alkanes) is 8. The fraction of sp³-hybridized carbons (Fsp3) is 0.868. The van der Waals surface area contributed by atoms with E-state index in [1.54, 1.807) is 36.6 Å². The molecule has 0 spiro atoms. The number of alkyl halides is 6. The van der Waals surface area contributed by atoms with Crippen LogP contribution in [0.2, 0.25) is 0 Å². The number of aliphatic carboxylic acids is 1. The van der Waals surface area contributed by atoms with E-state index in [1.807, 2.05) is 21.3 Å². The zero-order valence-electron chi connectivity index (χ0n) is 75.7. The number of Topliss-reactive ketones (excluding diaryl/α,β-unsaturated/α-hetero) is 1. The van der Waals surface area contributed by atoms with Gasteiger partial charge < -0.3 is 212 Å². The second-order valence-corrected chi connectivity index (χ2v) is 30.9. The first-order valence-electron chi connectivity index (χ1n) is 42.3. The number of hydrogen-bond donors (Lipinski definition) is 27. The molecule has 2 aromatic rings. The number of nitrogens with two attached hydrogens (primary N) is 2. The smallest absolute Gasteiger partial charge is 0.870 e. The normalized spacial score (nSPS) is 31.8. The number of carboxylic acid groups (broad SMARTS) is 1. The molecule has 134 heavy (non-hydrogen) atoms. The van der Waals surface area contributed by atoms with E-state index >= 15 is 0 Å². The van der Waals surface area contributed by atoms with Gasteiger partial charge in [-0.1, -0.05) is 37.7 Å². The Kier molecular flexibility index (Phi) is 73.6. The third-order valence-electron chi connectivity index (χ3n) is 20.7. The summed E-state index contributed by atoms with van der Waals surface area (Å²) in [5, 5.41) is 236. The summed E-state index contributed by atoms with van der Waals surface area (Å²) in [6, 6.07) is 6.48. The maximum atomic E-state index is 12.1. The summed E-state index contributed by atoms with van der Waals surface area (Å²) in [6.07, 6.45) is -36.5. The number of nitrogens with one attached hydrogen (secondary N) is 3. The Labute approximate surface area is 816 Å². The summed E-state index contributed by atoms with van der Waals surface area (Å²) in [6.45, 7) is 5.43. The molecule has 0 bridgehead atoms. The fourth-order valence-electron chi connectivity index (χ4n) is 12.8. The molecule has 6 aliphatic rings. The number of carbonyl (C=O) groups excluding carboxylic acids is 4. The number of nitrogens with zero attached hydrogens (tertiary/aromatic N) is 3. The van der Waals surface area contributed by atoms with Crippen LogP contribution < -0.4 is 91.6 Å². The second-order valence-electron chi connectivity index (χ2n) is 30.7. The molecule has 15 unspecified atom stereocenters. The number of likely N-dealkylation sites (N-methyl/N-ethyl adjacent to an activating group) is 1. The number of halogens is 6. The van der Waals surface area contributed by atoms with Crippen LogP contribution >= 0.6 is 9.12 Å². The number of hydrogen-bond acceptors (Lipinski definition) is 45. The third kappa shape index (κ3) is 47.0. The minimum absolute atomic E-state index is 0. The van der Waals surface area contributed by atoms with Crippen molar-refractivity contribution in [3.63, 3.8) is 0 Å². The van der Waals surface area contributed by atoms with Gasteiger partial charge in [-0.05, 0) is 128 Å². The first kappa shape index (κ1) is 135. The van der Waals surface area contributed by atoms with E-state index in [0.29, 0.717) is 82.6 Å². The van der Waals surface area contributed by atoms with E-state index in [1.165, 1.54) is 20.9 Å². The van der Waals surface area contributed by atoms with Crippen LogP contribution in [0, 0.1) is 17.8 Å². The second kappa shape index (κ2) is 73.1. The van der Waals surface area contributed by atoms with Gasteiger partial charge in [0.05, 0.1) is 63.9 Å². The fourth-order valence-corrected chi connectivity index (χ4v) is 12.8. The predicted octanol–water partition coefficient (Wildman–Crippen LogP) is -15.4. The maximum absolute atomic E-state index is 12.1. The molecule has 58 heteroatoms. The first-order valence-corrected chi connectivity index (χ1v) is 43.0. The largest absolute Gasteiger partial charge is 1.00 e. The number of aromatic nitrogens is 3. The summed E-state index contributed by atoms with van der Waals surface area (Å²) in [5.41, 5.74) is 12.0. The van der Waals surface area contributed by atoms with E-state index in [9.17, 15) is 143 Å². The van der Waals surface area contributed by atoms with Crippen LogP contribution in [0.3, 0.4) is 0 Å². The van der Waals surface area contributed by atoms with Gasteiger partial charge in [0.15, 0.2) is 37.7 Å². The number of carboxylic acids is 1. The van der Waals surface area contributed by atoms with Gasteiger partial charge in [0.25, 0.3) is 0 Å². The predicted molar refractivity (Wildman–Crippen MR) is 439 cm³/mol. The topological polar surface area (TPSA) is 804 Å². The Morgan fingerprint density at radius 3 is 1.13 bits per heavy atom. The molecule has 0 radical (unpaired) electrons. The van der Waals surface area contributed by atoms with Crippen molar-refractivity contribution in [1.29, 1.82) is 0 Å². The van der Waals surface area contributed by atoms with Gasteiger partial charge in [-0.25, -0.2) is 0 Å². The summed E-state index contributed by atoms with van der Waals surface area (Å²) in [5.74, 6) is -6.99. The van der Waals surface area contributed by atoms with Crippen LogP contribution in [0.1, 0.15) is 118 Å². The molecular formula is C76H138BF6N8Na2O40P. The molecular weight excluding hydrogens is 1870 g/mol. The number of rotatable bonds is 39. The molecule has 1 aromatic carbocycles. The van der Waals surface area contributed by atoms with Crippen LogP contribution in [-0.2, 0) is 76.0 Å². The Bertz CT molecular complexity index is 3370. The standard InChI is InChI=1S/C20H34F3NO11.C18H35NO10.C13H24O10.C7H12F3NO2.C7H13NO3.C6H5N3O.C5H13NO.BH2OP.2Na.H2O/c1-9-12(27)16(35-18-15(30)14(29)13(28)10(7-25)33-18)11(8-26)34-17(9)32-6-4-2-3-5-24-19(31)20(21,22)23;1-9-12(22)16(11(8-21)28-17(9)26-6-4-2-3-5-19)29-18-15(25)14(24)13(23)10(7-20)27-18;1-4-7(16)11(6(3-15)21-12(4)20)23-13-10(19)9(18)8(17)5(2-14)22-13;8-7(9,10)6(13)11-4-2-1-3-5-12;1-5(9)3-4-6(8-2)7(10)11;10-9-6-4-2-1-3-5(6)7-8-9;6-4-2-1-3-5-7;2-1-3;;;/h9-18,25-30H,2-8H2,1H3,(H,24,31);9-18,20-25H,2-8,19H2,1H3;4-20H,2-3H2,1H3;12H,1-5H2,(H,11,13);6,8H,3-4H2,1-2H3,(H,10,11);1-4,10H;7H,1-6H2;3H2;;;1H2/q;;;;;;;;2*+1;/p-2/t2*9?,10?,11?,12-,13+,14+,15?,16-,17-,18+;4?,5?,6?,7-,8+,9+,10?,11-,12?,13+;;;;;;;;/m111......../s1. The van der Waals surface area contributed by atoms with Crippen molar-refractivity contribution in [1.82, 2.24) is 31.1 Å². The molecule has 8 rings (SSSR count). The molecule has 774 valence electrons. The van der Waals surface area contributed by atoms with Gasteiger partial charge in [0.1, 0.15) is 127 Å². The van der Waals surface area contributed by atoms with Crippen LogP contribution in [-0.4, -0.2) is 447 Å². The summed E-state index contributed by atoms with van der Waals surface area (Å²) < 4.78 is 140. The van der Waals surface area contributed by atoms with Gasteiger partial charge >= 0.3 is 104 Å². The molecule has 32 atom stereocenters. The van der Waals surface area contributed by atoms with Crippen LogP contribution in [0.5, 0.6) is 0 Å². The van der Waals surface area contributed by atoms with Crippen molar-refractivity contribution < 1.29 is 284 Å². The number of aliphatic hydroxyl groups excluding tert-OH is 21. The molecule has 0 saturated carbocycles. The van der Waals surface area contributed by atoms with E-state index in [4.69, 9.17) is 88.8 Å². The van der Waals surface area contributed by atoms with Crippen molar-refractivity contribution in [2.45, 2.75) is 302 Å². The number of benzene rings is 1. The van der Waals surface area contributed by atoms with Crippen molar-refractivity contribution in [3.8, 4) is 0 Å². The van der Waals surface area contributed by atoms with Crippen LogP contribution in [0.4, 0.5) is 26.3 Å². The molecule has 6 saturated heterocycles. The Hall–Kier alpha value is -3.07. The van der Waals surface area contributed by atoms with Crippen molar-refractivity contribution >= 4 is 50.6 Å². The average molecular weight is 2010 g/mol. The van der Waals surface area contributed by atoms with Crippen molar-refractivity contribution in [2.24, 2.45) is 29.2 Å². The monoisotopic (exact) mass is 2000 g/mol. The molecule has 48 nitrogen and oxygen atoms in total. The molecule has 7 heterocycles. The molecule has 1 aromatic heterocycles. The number of ketones is 1. The number of para-hydroxylation sites is 1. The van der Waals surface area contributed by atoms with Gasteiger partial charge in [-0.3, -0.25) is 9.59 Å². The summed E-state index contributed by atoms with van der Waals surface area (Å²) >= 11 is 0. The van der Waals surface area contributed by atoms with Crippen LogP contribution in [0.25, 0.3) is 11.0 Å². The Balaban J connectivity index is -0.00000157. The molecule has 0 aliphatic carbocycles. The number of carbonyl (C=O) groups is 4. The number of aliphatic hydroxyl groups is 21. The van der Waals surface area contributed by atoms with E-state index in [2.05, 4.69) is 15.6 Å².